The lowest BCUT2D eigenvalue weighted by Crippen LogP contribution is -2.38. The van der Waals surface area contributed by atoms with E-state index in [2.05, 4.69) is 0 Å². The molecule has 0 aromatic heterocycles. The molecule has 0 bridgehead atoms. The van der Waals surface area contributed by atoms with Gasteiger partial charge in [-0.2, -0.15) is 0 Å². The van der Waals surface area contributed by atoms with Gasteiger partial charge in [-0.3, -0.25) is 9.59 Å². The number of nitrogens with zero attached hydrogens (tertiary/aromatic N) is 2. The molecule has 1 aliphatic heterocycles. The van der Waals surface area contributed by atoms with Gasteiger partial charge in [0.15, 0.2) is 0 Å². The van der Waals surface area contributed by atoms with Crippen molar-refractivity contribution in [3.8, 4) is 0 Å². The summed E-state index contributed by atoms with van der Waals surface area (Å²) >= 11 is 24.3. The van der Waals surface area contributed by atoms with Crippen molar-refractivity contribution in [2.24, 2.45) is 11.8 Å². The van der Waals surface area contributed by atoms with Gasteiger partial charge in [0.05, 0.1) is 11.8 Å². The van der Waals surface area contributed by atoms with E-state index in [0.29, 0.717) is 19.4 Å². The highest BCUT2D eigenvalue weighted by Crippen LogP contribution is 2.55. The zero-order valence-corrected chi connectivity index (χ0v) is 17.2. The number of carbonyl (C=O) groups is 2. The number of fused-ring (bicyclic) bond motifs is 1. The number of benzene rings is 1. The first-order valence-corrected chi connectivity index (χ1v) is 10.1. The van der Waals surface area contributed by atoms with Crippen LogP contribution in [0.2, 0.25) is 0 Å². The summed E-state index contributed by atoms with van der Waals surface area (Å²) < 4.78 is -1.91. The van der Waals surface area contributed by atoms with Crippen LogP contribution in [0.15, 0.2) is 18.2 Å². The summed E-state index contributed by atoms with van der Waals surface area (Å²) in [5.74, 6) is -0.897. The smallest absolute Gasteiger partial charge is 0.233 e. The van der Waals surface area contributed by atoms with E-state index in [4.69, 9.17) is 46.4 Å². The molecule has 140 valence electrons. The topological polar surface area (TPSA) is 40.6 Å². The van der Waals surface area contributed by atoms with E-state index in [0.717, 1.165) is 29.8 Å². The Morgan fingerprint density at radius 2 is 1.73 bits per heavy atom. The highest BCUT2D eigenvalue weighted by atomic mass is 35.5. The van der Waals surface area contributed by atoms with Crippen molar-refractivity contribution in [3.63, 3.8) is 0 Å². The summed E-state index contributed by atoms with van der Waals surface area (Å²) in [6, 6.07) is 5.65. The lowest BCUT2D eigenvalue weighted by molar-refractivity contribution is -0.120. The van der Waals surface area contributed by atoms with E-state index in [1.165, 1.54) is 0 Å². The summed E-state index contributed by atoms with van der Waals surface area (Å²) in [6.07, 6.45) is 2.56. The Kier molecular flexibility index (Phi) is 4.43. The second kappa shape index (κ2) is 6.16. The average molecular weight is 436 g/mol. The van der Waals surface area contributed by atoms with Gasteiger partial charge in [0.1, 0.15) is 8.67 Å². The molecular formula is C18H18Cl4N2O2. The van der Waals surface area contributed by atoms with Crippen LogP contribution in [0.25, 0.3) is 0 Å². The fourth-order valence-electron chi connectivity index (χ4n) is 3.65. The third-order valence-corrected chi connectivity index (χ3v) is 7.10. The van der Waals surface area contributed by atoms with E-state index in [1.54, 1.807) is 16.8 Å². The van der Waals surface area contributed by atoms with Gasteiger partial charge in [0.25, 0.3) is 0 Å². The number of alkyl halides is 4. The van der Waals surface area contributed by atoms with Gasteiger partial charge in [0.2, 0.25) is 11.8 Å². The first-order valence-electron chi connectivity index (χ1n) is 8.60. The molecule has 0 N–H and O–H groups in total. The normalized spacial score (nSPS) is 27.5. The zero-order valence-electron chi connectivity index (χ0n) is 14.1. The van der Waals surface area contributed by atoms with Crippen molar-refractivity contribution in [2.75, 3.05) is 23.4 Å². The summed E-state index contributed by atoms with van der Waals surface area (Å²) in [6.45, 7) is 0.627. The number of amides is 2. The predicted molar refractivity (Wildman–Crippen MR) is 106 cm³/mol. The maximum Gasteiger partial charge on any atom is 0.233 e. The summed E-state index contributed by atoms with van der Waals surface area (Å²) in [5.41, 5.74) is 2.60. The molecule has 2 atom stereocenters. The lowest BCUT2D eigenvalue weighted by atomic mass is 9.98. The Morgan fingerprint density at radius 1 is 1.12 bits per heavy atom. The van der Waals surface area contributed by atoms with Gasteiger partial charge in [-0.1, -0.05) is 6.07 Å². The molecule has 0 unspecified atom stereocenters. The zero-order chi connectivity index (χ0) is 18.9. The number of halogens is 4. The van der Waals surface area contributed by atoms with Crippen LogP contribution in [0.4, 0.5) is 11.4 Å². The maximum atomic E-state index is 12.8. The largest absolute Gasteiger partial charge is 0.315 e. The van der Waals surface area contributed by atoms with Crippen molar-refractivity contribution in [1.82, 2.24) is 0 Å². The molecule has 3 aliphatic rings. The van der Waals surface area contributed by atoms with Gasteiger partial charge in [-0.25, -0.2) is 0 Å². The molecule has 2 saturated carbocycles. The molecule has 4 rings (SSSR count). The van der Waals surface area contributed by atoms with Crippen LogP contribution in [-0.4, -0.2) is 34.1 Å². The van der Waals surface area contributed by atoms with Crippen molar-refractivity contribution in [2.45, 2.75) is 34.3 Å². The van der Waals surface area contributed by atoms with E-state index in [-0.39, 0.29) is 23.7 Å². The molecule has 4 nitrogen and oxygen atoms in total. The molecule has 2 aliphatic carbocycles. The quantitative estimate of drug-likeness (QED) is 0.663. The van der Waals surface area contributed by atoms with Crippen molar-refractivity contribution in [3.05, 3.63) is 23.8 Å². The van der Waals surface area contributed by atoms with Gasteiger partial charge in [-0.15, -0.1) is 46.4 Å². The number of anilines is 2. The first-order chi connectivity index (χ1) is 12.1. The molecule has 2 fully saturated rings. The number of hydrogen-bond acceptors (Lipinski definition) is 2. The van der Waals surface area contributed by atoms with Crippen molar-refractivity contribution >= 4 is 69.6 Å². The van der Waals surface area contributed by atoms with Crippen LogP contribution in [0.3, 0.4) is 0 Å². The second-order valence-corrected chi connectivity index (χ2v) is 10.4. The van der Waals surface area contributed by atoms with Gasteiger partial charge in [-0.05, 0) is 43.4 Å². The molecule has 8 heteroatoms. The van der Waals surface area contributed by atoms with Gasteiger partial charge < -0.3 is 9.80 Å². The van der Waals surface area contributed by atoms with Gasteiger partial charge >= 0.3 is 0 Å². The number of hydrogen-bond donors (Lipinski definition) is 0. The van der Waals surface area contributed by atoms with Crippen LogP contribution < -0.4 is 9.80 Å². The fraction of sp³-hybridized carbons (Fsp3) is 0.556. The Bertz CT molecular complexity index is 781. The van der Waals surface area contributed by atoms with E-state index in [9.17, 15) is 9.59 Å². The van der Waals surface area contributed by atoms with Crippen LogP contribution in [0.1, 0.15) is 24.8 Å². The Morgan fingerprint density at radius 3 is 2.31 bits per heavy atom. The molecule has 1 aromatic carbocycles. The lowest BCUT2D eigenvalue weighted by Gasteiger charge is -2.33. The van der Waals surface area contributed by atoms with E-state index in [1.807, 2.05) is 18.2 Å². The van der Waals surface area contributed by atoms with E-state index < -0.39 is 8.67 Å². The minimum atomic E-state index is -0.960. The third kappa shape index (κ3) is 3.09. The van der Waals surface area contributed by atoms with Crippen molar-refractivity contribution < 1.29 is 9.59 Å². The third-order valence-electron chi connectivity index (χ3n) is 5.43. The minimum Gasteiger partial charge on any atom is -0.315 e. The molecular weight excluding hydrogens is 418 g/mol. The maximum absolute atomic E-state index is 12.8. The number of rotatable bonds is 3. The van der Waals surface area contributed by atoms with Crippen LogP contribution in [0.5, 0.6) is 0 Å². The Hall–Kier alpha value is -0.680. The average Bonchev–Trinajstić information content (AvgIpc) is 3.45. The van der Waals surface area contributed by atoms with Gasteiger partial charge in [0, 0.05) is 25.0 Å². The monoisotopic (exact) mass is 434 g/mol. The minimum absolute atomic E-state index is 0.0511. The van der Waals surface area contributed by atoms with Crippen LogP contribution in [0, 0.1) is 11.8 Å². The highest BCUT2D eigenvalue weighted by Gasteiger charge is 2.58. The Labute approximate surface area is 172 Å². The predicted octanol–water partition coefficient (Wildman–Crippen LogP) is 4.32. The fourth-order valence-corrected chi connectivity index (χ4v) is 4.64. The molecule has 1 aromatic rings. The second-order valence-electron chi connectivity index (χ2n) is 7.30. The SMILES string of the molecule is CN(C(=O)[C@H]1CC1(Cl)Cl)c1cccc2c1CCCN2C(=O)[C@@H]1CC1(Cl)Cl. The molecule has 1 heterocycles. The molecule has 0 spiro atoms. The molecule has 0 saturated heterocycles. The summed E-state index contributed by atoms with van der Waals surface area (Å²) in [7, 11) is 1.73. The number of carbonyl (C=O) groups excluding carboxylic acids is 2. The molecule has 2 amide bonds. The van der Waals surface area contributed by atoms with E-state index >= 15 is 0 Å². The summed E-state index contributed by atoms with van der Waals surface area (Å²) in [5, 5.41) is 0. The molecule has 26 heavy (non-hydrogen) atoms. The molecule has 0 radical (unpaired) electrons. The van der Waals surface area contributed by atoms with Crippen LogP contribution in [-0.2, 0) is 16.0 Å². The highest BCUT2D eigenvalue weighted by molar-refractivity contribution is 6.53. The Balaban J connectivity index is 1.62. The standard InChI is InChI=1S/C18H18Cl4N2O2/c1-23(15(25)11-8-17(11,19)20)13-5-2-6-14-10(13)4-3-7-24(14)16(26)12-9-18(12,21)22/h2,5-6,11-12H,3-4,7-9H2,1H3/t11-,12+/m1/s1. The summed E-state index contributed by atoms with van der Waals surface area (Å²) in [4.78, 5) is 28.8. The first kappa shape index (κ1) is 18.7. The van der Waals surface area contributed by atoms with Crippen LogP contribution >= 0.6 is 46.4 Å². The van der Waals surface area contributed by atoms with Crippen molar-refractivity contribution in [1.29, 1.82) is 0 Å².